The van der Waals surface area contributed by atoms with E-state index in [1.807, 2.05) is 0 Å². The quantitative estimate of drug-likeness (QED) is 0.0320. The lowest BCUT2D eigenvalue weighted by Crippen LogP contribution is -2.45. The fourth-order valence-corrected chi connectivity index (χ4v) is 11.9. The molecule has 6 heteroatoms. The van der Waals surface area contributed by atoms with Crippen molar-refractivity contribution in [3.8, 4) is 0 Å². The molecule has 0 radical (unpaired) electrons. The van der Waals surface area contributed by atoms with E-state index in [-0.39, 0.29) is 18.5 Å². The van der Waals surface area contributed by atoms with Gasteiger partial charge in [0.2, 0.25) is 5.91 Å². The molecule has 490 valence electrons. The highest BCUT2D eigenvalue weighted by Gasteiger charge is 2.20. The summed E-state index contributed by atoms with van der Waals surface area (Å²) in [5.41, 5.74) is 0. The van der Waals surface area contributed by atoms with Gasteiger partial charge < -0.3 is 20.3 Å². The minimum Gasteiger partial charge on any atom is -0.466 e. The Labute approximate surface area is 519 Å². The van der Waals surface area contributed by atoms with Crippen molar-refractivity contribution in [2.24, 2.45) is 0 Å². The molecule has 2 unspecified atom stereocenters. The van der Waals surface area contributed by atoms with Crippen LogP contribution in [0.1, 0.15) is 418 Å². The molecule has 0 saturated heterocycles. The molecule has 0 rings (SSSR count). The zero-order chi connectivity index (χ0) is 59.9. The second-order valence-electron chi connectivity index (χ2n) is 26.0. The first-order valence-corrected chi connectivity index (χ1v) is 37.7. The van der Waals surface area contributed by atoms with Gasteiger partial charge in [-0.25, -0.2) is 0 Å². The van der Waals surface area contributed by atoms with E-state index in [1.165, 1.54) is 334 Å². The minimum absolute atomic E-state index is 0.00477. The molecule has 3 N–H and O–H groups in total. The number of hydrogen-bond acceptors (Lipinski definition) is 5. The Kier molecular flexibility index (Phi) is 70.9. The van der Waals surface area contributed by atoms with Crippen LogP contribution in [0.15, 0.2) is 36.5 Å². The van der Waals surface area contributed by atoms with Gasteiger partial charge in [0, 0.05) is 12.8 Å². The second-order valence-corrected chi connectivity index (χ2v) is 26.0. The zero-order valence-corrected chi connectivity index (χ0v) is 56.2. The highest BCUT2D eigenvalue weighted by molar-refractivity contribution is 5.76. The highest BCUT2D eigenvalue weighted by Crippen LogP contribution is 2.19. The van der Waals surface area contributed by atoms with Gasteiger partial charge in [0.25, 0.3) is 0 Å². The summed E-state index contributed by atoms with van der Waals surface area (Å²) in [5.74, 6) is -0.0240. The summed E-state index contributed by atoms with van der Waals surface area (Å²) >= 11 is 0. The van der Waals surface area contributed by atoms with Crippen molar-refractivity contribution in [1.29, 1.82) is 0 Å². The Morgan fingerprint density at radius 3 is 0.940 bits per heavy atom. The third kappa shape index (κ3) is 69.1. The number of unbranched alkanes of at least 4 members (excludes halogenated alkanes) is 54. The minimum atomic E-state index is -0.664. The molecule has 0 aliphatic rings. The summed E-state index contributed by atoms with van der Waals surface area (Å²) in [4.78, 5) is 24.6. The van der Waals surface area contributed by atoms with E-state index in [2.05, 4.69) is 55.6 Å². The van der Waals surface area contributed by atoms with Gasteiger partial charge in [-0.3, -0.25) is 9.59 Å². The number of esters is 1. The number of nitrogens with one attached hydrogen (secondary N) is 1. The molecule has 0 aliphatic carbocycles. The van der Waals surface area contributed by atoms with Crippen LogP contribution in [-0.2, 0) is 14.3 Å². The molecule has 0 fully saturated rings. The Bertz CT molecular complexity index is 1340. The van der Waals surface area contributed by atoms with Gasteiger partial charge in [0.05, 0.1) is 25.4 Å². The van der Waals surface area contributed by atoms with E-state index in [1.54, 1.807) is 0 Å². The number of aliphatic hydroxyl groups is 2. The summed E-state index contributed by atoms with van der Waals surface area (Å²) in [6.07, 6.45) is 93.6. The first-order chi connectivity index (χ1) is 41.0. The monoisotopic (exact) mass is 1170 g/mol. The van der Waals surface area contributed by atoms with Crippen LogP contribution in [0.5, 0.6) is 0 Å². The van der Waals surface area contributed by atoms with Crippen LogP contribution in [-0.4, -0.2) is 47.4 Å². The van der Waals surface area contributed by atoms with Crippen LogP contribution in [0.4, 0.5) is 0 Å². The van der Waals surface area contributed by atoms with Crippen molar-refractivity contribution >= 4 is 11.9 Å². The predicted octanol–water partition coefficient (Wildman–Crippen LogP) is 24.7. The Balaban J connectivity index is 3.36. The van der Waals surface area contributed by atoms with Crippen LogP contribution in [0.3, 0.4) is 0 Å². The molecule has 1 amide bonds. The Morgan fingerprint density at radius 1 is 0.337 bits per heavy atom. The zero-order valence-electron chi connectivity index (χ0n) is 56.2. The fraction of sp³-hybridized carbons (Fsp3) is 0.896. The number of aliphatic hydroxyl groups excluding tert-OH is 2. The normalized spacial score (nSPS) is 12.7. The third-order valence-electron chi connectivity index (χ3n) is 17.7. The molecule has 83 heavy (non-hydrogen) atoms. The average Bonchev–Trinajstić information content (AvgIpc) is 3.48. The number of rotatable bonds is 71. The second kappa shape index (κ2) is 72.6. The molecular formula is C77H147NO5. The molecule has 0 aromatic rings. The van der Waals surface area contributed by atoms with Crippen molar-refractivity contribution in [2.75, 3.05) is 13.2 Å². The fourth-order valence-electron chi connectivity index (χ4n) is 11.9. The summed E-state index contributed by atoms with van der Waals surface area (Å²) in [6, 6.07) is -0.541. The van der Waals surface area contributed by atoms with E-state index < -0.39 is 12.1 Å². The number of carbonyl (C=O) groups is 2. The SMILES string of the molecule is CCCCCC/C=C\C/C=C\CCCCCCCC(=O)OCCCCCCCCCCCCCC/C=C\CCCCCCCCCCCCCCCCCC(=O)NC(CO)C(O)CCCCCCCCCCCCCCCCCCCCC. The van der Waals surface area contributed by atoms with Crippen LogP contribution >= 0.6 is 0 Å². The van der Waals surface area contributed by atoms with Crippen LogP contribution in [0, 0.1) is 0 Å². The van der Waals surface area contributed by atoms with Crippen molar-refractivity contribution in [2.45, 2.75) is 431 Å². The van der Waals surface area contributed by atoms with Gasteiger partial charge in [-0.2, -0.15) is 0 Å². The topological polar surface area (TPSA) is 95.9 Å². The highest BCUT2D eigenvalue weighted by atomic mass is 16.5. The van der Waals surface area contributed by atoms with Crippen molar-refractivity contribution in [3.05, 3.63) is 36.5 Å². The number of ether oxygens (including phenoxy) is 1. The van der Waals surface area contributed by atoms with Gasteiger partial charge >= 0.3 is 5.97 Å². The van der Waals surface area contributed by atoms with Crippen LogP contribution < -0.4 is 5.32 Å². The van der Waals surface area contributed by atoms with Crippen LogP contribution in [0.25, 0.3) is 0 Å². The third-order valence-corrected chi connectivity index (χ3v) is 17.7. The summed E-state index contributed by atoms with van der Waals surface area (Å²) in [7, 11) is 0. The molecule has 0 saturated carbocycles. The van der Waals surface area contributed by atoms with Gasteiger partial charge in [-0.1, -0.05) is 359 Å². The lowest BCUT2D eigenvalue weighted by molar-refractivity contribution is -0.143. The van der Waals surface area contributed by atoms with E-state index in [4.69, 9.17) is 4.74 Å². The molecule has 0 aliphatic heterocycles. The summed E-state index contributed by atoms with van der Waals surface area (Å²) in [5, 5.41) is 23.4. The molecule has 0 bridgehead atoms. The van der Waals surface area contributed by atoms with Gasteiger partial charge in [0.15, 0.2) is 0 Å². The first-order valence-electron chi connectivity index (χ1n) is 37.7. The number of carbonyl (C=O) groups excluding carboxylic acids is 2. The average molecular weight is 1170 g/mol. The smallest absolute Gasteiger partial charge is 0.305 e. The van der Waals surface area contributed by atoms with Gasteiger partial charge in [0.1, 0.15) is 0 Å². The standard InChI is InChI=1S/C77H147NO5/c1-3-5-7-9-11-13-15-17-19-21-35-38-41-45-49-53-57-61-65-69-75(80)74(73-79)78-76(81)70-66-62-58-54-50-46-42-39-36-33-31-29-27-25-23-22-24-26-28-30-32-34-37-40-44-48-52-56-60-64-68-72-83-77(82)71-67-63-59-55-51-47-43-20-18-16-14-12-10-8-6-4-2/h14,16,20,24,26,43,74-75,79-80H,3-13,15,17-19,21-23,25,27-42,44-73H2,1-2H3,(H,78,81)/b16-14-,26-24-,43-20-. The number of allylic oxidation sites excluding steroid dienone is 6. The lowest BCUT2D eigenvalue weighted by atomic mass is 10.0. The van der Waals surface area contributed by atoms with Gasteiger partial charge in [-0.15, -0.1) is 0 Å². The molecule has 0 spiro atoms. The Hall–Kier alpha value is -1.92. The van der Waals surface area contributed by atoms with Crippen molar-refractivity contribution < 1.29 is 24.5 Å². The van der Waals surface area contributed by atoms with E-state index in [0.29, 0.717) is 25.9 Å². The molecule has 6 nitrogen and oxygen atoms in total. The van der Waals surface area contributed by atoms with E-state index in [9.17, 15) is 19.8 Å². The molecule has 2 atom stereocenters. The van der Waals surface area contributed by atoms with Crippen molar-refractivity contribution in [1.82, 2.24) is 5.32 Å². The maximum atomic E-state index is 12.5. The maximum Gasteiger partial charge on any atom is 0.305 e. The van der Waals surface area contributed by atoms with E-state index >= 15 is 0 Å². The Morgan fingerprint density at radius 2 is 0.602 bits per heavy atom. The first kappa shape index (κ1) is 81.1. The maximum absolute atomic E-state index is 12.5. The lowest BCUT2D eigenvalue weighted by Gasteiger charge is -2.22. The number of amides is 1. The van der Waals surface area contributed by atoms with Crippen LogP contribution in [0.2, 0.25) is 0 Å². The van der Waals surface area contributed by atoms with Gasteiger partial charge in [-0.05, 0) is 83.5 Å². The predicted molar refractivity (Wildman–Crippen MR) is 366 cm³/mol. The molecule has 0 heterocycles. The summed E-state index contributed by atoms with van der Waals surface area (Å²) in [6.45, 7) is 4.97. The largest absolute Gasteiger partial charge is 0.466 e. The van der Waals surface area contributed by atoms with Crippen molar-refractivity contribution in [3.63, 3.8) is 0 Å². The van der Waals surface area contributed by atoms with E-state index in [0.717, 1.165) is 51.4 Å². The molecule has 0 aromatic carbocycles. The summed E-state index contributed by atoms with van der Waals surface area (Å²) < 4.78 is 5.49. The molecule has 0 aromatic heterocycles. The molecular weight excluding hydrogens is 1020 g/mol. The number of hydrogen-bond donors (Lipinski definition) is 3.